The summed E-state index contributed by atoms with van der Waals surface area (Å²) < 4.78 is 5.65. The molecule has 1 aliphatic rings. The molecular formula is C20H23ClN2O3S. The van der Waals surface area contributed by atoms with E-state index in [1.54, 1.807) is 30.4 Å². The minimum absolute atomic E-state index is 0.0578. The minimum Gasteiger partial charge on any atom is -0.479 e. The molecule has 2 amide bonds. The van der Waals surface area contributed by atoms with Gasteiger partial charge in [-0.15, -0.1) is 11.3 Å². The molecule has 0 saturated heterocycles. The van der Waals surface area contributed by atoms with Crippen molar-refractivity contribution >= 4 is 34.8 Å². The van der Waals surface area contributed by atoms with Crippen LogP contribution in [0.4, 0.5) is 0 Å². The Labute approximate surface area is 168 Å². The number of halogens is 1. The molecule has 5 nitrogen and oxygen atoms in total. The molecule has 0 bridgehead atoms. The van der Waals surface area contributed by atoms with Crippen LogP contribution < -0.4 is 10.1 Å². The molecule has 2 aromatic rings. The first kappa shape index (κ1) is 19.7. The number of hydrogen-bond donors (Lipinski definition) is 1. The zero-order valence-corrected chi connectivity index (χ0v) is 17.0. The molecule has 0 aliphatic carbocycles. The number of amides is 2. The van der Waals surface area contributed by atoms with Crippen LogP contribution in [0.3, 0.4) is 0 Å². The van der Waals surface area contributed by atoms with Crippen molar-refractivity contribution in [3.63, 3.8) is 0 Å². The Bertz CT molecular complexity index is 836. The Morgan fingerprint density at radius 1 is 1.37 bits per heavy atom. The molecule has 27 heavy (non-hydrogen) atoms. The molecule has 0 fully saturated rings. The maximum Gasteiger partial charge on any atom is 0.260 e. The third-order valence-corrected chi connectivity index (χ3v) is 5.89. The first-order valence-electron chi connectivity index (χ1n) is 8.97. The lowest BCUT2D eigenvalue weighted by Gasteiger charge is -2.27. The number of ether oxygens (including phenoxy) is 1. The summed E-state index contributed by atoms with van der Waals surface area (Å²) in [6.07, 6.45) is 0.499. The van der Waals surface area contributed by atoms with Crippen LogP contribution in [0, 0.1) is 6.92 Å². The molecule has 144 valence electrons. The van der Waals surface area contributed by atoms with Gasteiger partial charge in [-0.05, 0) is 55.0 Å². The summed E-state index contributed by atoms with van der Waals surface area (Å²) in [6, 6.07) is 7.50. The van der Waals surface area contributed by atoms with E-state index in [1.165, 1.54) is 10.4 Å². The van der Waals surface area contributed by atoms with E-state index in [1.807, 2.05) is 17.9 Å². The first-order valence-corrected chi connectivity index (χ1v) is 10.2. The van der Waals surface area contributed by atoms with E-state index in [9.17, 15) is 9.59 Å². The van der Waals surface area contributed by atoms with E-state index < -0.39 is 6.10 Å². The van der Waals surface area contributed by atoms with Crippen molar-refractivity contribution in [1.82, 2.24) is 10.2 Å². The zero-order chi connectivity index (χ0) is 19.4. The topological polar surface area (TPSA) is 58.6 Å². The van der Waals surface area contributed by atoms with Crippen molar-refractivity contribution in [2.45, 2.75) is 39.3 Å². The number of carbonyl (C=O) groups is 2. The number of rotatable bonds is 6. The number of thiophene rings is 1. The Kier molecular flexibility index (Phi) is 6.39. The van der Waals surface area contributed by atoms with Crippen molar-refractivity contribution in [2.24, 2.45) is 0 Å². The minimum atomic E-state index is -0.692. The van der Waals surface area contributed by atoms with Crippen LogP contribution in [-0.2, 0) is 22.6 Å². The van der Waals surface area contributed by atoms with Crippen molar-refractivity contribution in [3.8, 4) is 5.75 Å². The molecule has 0 spiro atoms. The standard InChI is InChI=1S/C20H23ClN2O3S/c1-13-3-4-16(21)17(11-13)26-14(2)20(25)22-8-5-19(24)23-9-6-18-15(12-23)7-10-27-18/h3-4,7,10-11,14H,5-6,8-9,12H2,1-2H3,(H,22,25). The molecule has 1 unspecified atom stereocenters. The molecule has 1 aromatic heterocycles. The van der Waals surface area contributed by atoms with Gasteiger partial charge < -0.3 is 15.0 Å². The molecule has 3 rings (SSSR count). The van der Waals surface area contributed by atoms with Gasteiger partial charge in [-0.3, -0.25) is 9.59 Å². The number of fused-ring (bicyclic) bond motifs is 1. The van der Waals surface area contributed by atoms with Crippen molar-refractivity contribution < 1.29 is 14.3 Å². The van der Waals surface area contributed by atoms with E-state index >= 15 is 0 Å². The predicted molar refractivity (Wildman–Crippen MR) is 107 cm³/mol. The summed E-state index contributed by atoms with van der Waals surface area (Å²) in [7, 11) is 0. The van der Waals surface area contributed by atoms with Gasteiger partial charge in [0, 0.05) is 30.9 Å². The van der Waals surface area contributed by atoms with E-state index in [4.69, 9.17) is 16.3 Å². The van der Waals surface area contributed by atoms with Crippen LogP contribution in [0.2, 0.25) is 5.02 Å². The number of nitrogens with zero attached hydrogens (tertiary/aromatic N) is 1. The second kappa shape index (κ2) is 8.76. The fourth-order valence-electron chi connectivity index (χ4n) is 3.00. The third kappa shape index (κ3) is 5.02. The molecule has 1 N–H and O–H groups in total. The van der Waals surface area contributed by atoms with Gasteiger partial charge in [-0.25, -0.2) is 0 Å². The highest BCUT2D eigenvalue weighted by atomic mass is 35.5. The van der Waals surface area contributed by atoms with E-state index in [2.05, 4.69) is 16.8 Å². The average Bonchev–Trinajstić information content (AvgIpc) is 3.12. The Morgan fingerprint density at radius 3 is 3.00 bits per heavy atom. The number of hydrogen-bond acceptors (Lipinski definition) is 4. The van der Waals surface area contributed by atoms with Crippen LogP contribution >= 0.6 is 22.9 Å². The summed E-state index contributed by atoms with van der Waals surface area (Å²) in [5.74, 6) is 0.275. The fourth-order valence-corrected chi connectivity index (χ4v) is 4.05. The molecule has 0 saturated carbocycles. The van der Waals surface area contributed by atoms with Crippen molar-refractivity contribution in [3.05, 3.63) is 50.7 Å². The van der Waals surface area contributed by atoms with Gasteiger partial charge in [0.1, 0.15) is 5.75 Å². The number of aryl methyl sites for hydroxylation is 1. The summed E-state index contributed by atoms with van der Waals surface area (Å²) in [4.78, 5) is 27.8. The van der Waals surface area contributed by atoms with E-state index in [0.717, 1.165) is 18.5 Å². The van der Waals surface area contributed by atoms with Crippen LogP contribution in [0.25, 0.3) is 0 Å². The largest absolute Gasteiger partial charge is 0.479 e. The Balaban J connectivity index is 1.43. The van der Waals surface area contributed by atoms with Gasteiger partial charge in [0.05, 0.1) is 5.02 Å². The van der Waals surface area contributed by atoms with Gasteiger partial charge in [-0.2, -0.15) is 0 Å². The van der Waals surface area contributed by atoms with Crippen LogP contribution in [0.5, 0.6) is 5.75 Å². The van der Waals surface area contributed by atoms with Gasteiger partial charge in [-0.1, -0.05) is 17.7 Å². The van der Waals surface area contributed by atoms with Crippen LogP contribution in [0.1, 0.15) is 29.3 Å². The zero-order valence-electron chi connectivity index (χ0n) is 15.5. The lowest BCUT2D eigenvalue weighted by Crippen LogP contribution is -2.40. The summed E-state index contributed by atoms with van der Waals surface area (Å²) >= 11 is 7.85. The second-order valence-electron chi connectivity index (χ2n) is 6.67. The summed E-state index contributed by atoms with van der Waals surface area (Å²) in [5.41, 5.74) is 2.24. The molecule has 0 radical (unpaired) electrons. The highest BCUT2D eigenvalue weighted by Gasteiger charge is 2.22. The maximum atomic E-state index is 12.4. The number of nitrogens with one attached hydrogen (secondary N) is 1. The van der Waals surface area contributed by atoms with Gasteiger partial charge in [0.15, 0.2) is 6.10 Å². The van der Waals surface area contributed by atoms with Crippen LogP contribution in [0.15, 0.2) is 29.6 Å². The van der Waals surface area contributed by atoms with Gasteiger partial charge in [0.2, 0.25) is 5.91 Å². The maximum absolute atomic E-state index is 12.4. The molecular weight excluding hydrogens is 384 g/mol. The van der Waals surface area contributed by atoms with E-state index in [-0.39, 0.29) is 18.2 Å². The summed E-state index contributed by atoms with van der Waals surface area (Å²) in [5, 5.41) is 5.30. The van der Waals surface area contributed by atoms with Gasteiger partial charge >= 0.3 is 0 Å². The SMILES string of the molecule is Cc1ccc(Cl)c(OC(C)C(=O)NCCC(=O)N2CCc3sccc3C2)c1. The smallest absolute Gasteiger partial charge is 0.260 e. The molecule has 1 aromatic carbocycles. The van der Waals surface area contributed by atoms with E-state index in [0.29, 0.717) is 23.9 Å². The van der Waals surface area contributed by atoms with Crippen LogP contribution in [-0.4, -0.2) is 35.9 Å². The predicted octanol–water partition coefficient (Wildman–Crippen LogP) is 3.57. The Hall–Kier alpha value is -2.05. The quantitative estimate of drug-likeness (QED) is 0.797. The Morgan fingerprint density at radius 2 is 2.19 bits per heavy atom. The molecule has 1 aliphatic heterocycles. The molecule has 1 atom stereocenters. The normalized spacial score (nSPS) is 14.4. The number of benzene rings is 1. The monoisotopic (exact) mass is 406 g/mol. The third-order valence-electron chi connectivity index (χ3n) is 4.56. The molecule has 2 heterocycles. The first-order chi connectivity index (χ1) is 12.9. The second-order valence-corrected chi connectivity index (χ2v) is 8.08. The lowest BCUT2D eigenvalue weighted by atomic mass is 10.1. The summed E-state index contributed by atoms with van der Waals surface area (Å²) in [6.45, 7) is 5.29. The average molecular weight is 407 g/mol. The lowest BCUT2D eigenvalue weighted by molar-refractivity contribution is -0.132. The highest BCUT2D eigenvalue weighted by molar-refractivity contribution is 7.10. The van der Waals surface area contributed by atoms with Gasteiger partial charge in [0.25, 0.3) is 5.91 Å². The number of carbonyl (C=O) groups excluding carboxylic acids is 2. The van der Waals surface area contributed by atoms with Crippen molar-refractivity contribution in [2.75, 3.05) is 13.1 Å². The molecule has 7 heteroatoms. The fraction of sp³-hybridized carbons (Fsp3) is 0.400. The highest BCUT2D eigenvalue weighted by Crippen LogP contribution is 2.26. The van der Waals surface area contributed by atoms with Crippen molar-refractivity contribution in [1.29, 1.82) is 0 Å².